The minimum atomic E-state index is 0.344. The lowest BCUT2D eigenvalue weighted by Gasteiger charge is -2.20. The van der Waals surface area contributed by atoms with Crippen LogP contribution in [0, 0.1) is 12.3 Å². The van der Waals surface area contributed by atoms with Gasteiger partial charge in [-0.05, 0) is 38.0 Å². The van der Waals surface area contributed by atoms with Crippen molar-refractivity contribution < 1.29 is 0 Å². The zero-order valence-electron chi connectivity index (χ0n) is 14.2. The quantitative estimate of drug-likeness (QED) is 0.784. The zero-order chi connectivity index (χ0) is 15.5. The maximum absolute atomic E-state index is 4.76. The Hall–Kier alpha value is -1.32. The topological polar surface area (TPSA) is 49.8 Å². The summed E-state index contributed by atoms with van der Waals surface area (Å²) >= 11 is 0. The molecule has 1 heterocycles. The average molecular weight is 290 g/mol. The molecule has 4 heteroatoms. The van der Waals surface area contributed by atoms with Crippen molar-refractivity contribution >= 4 is 11.6 Å². The number of nitrogens with one attached hydrogen (secondary N) is 2. The molecule has 1 aromatic heterocycles. The summed E-state index contributed by atoms with van der Waals surface area (Å²) in [5.74, 6) is 3.61. The summed E-state index contributed by atoms with van der Waals surface area (Å²) in [5, 5.41) is 6.96. The first-order valence-electron chi connectivity index (χ1n) is 8.27. The van der Waals surface area contributed by atoms with E-state index in [2.05, 4.69) is 45.3 Å². The molecular weight excluding hydrogens is 260 g/mol. The molecule has 2 N–H and O–H groups in total. The predicted octanol–water partition coefficient (Wildman–Crippen LogP) is 4.33. The Kier molecular flexibility index (Phi) is 5.07. The molecule has 2 rings (SSSR count). The molecule has 1 aromatic rings. The van der Waals surface area contributed by atoms with Crippen LogP contribution in [0.5, 0.6) is 0 Å². The molecule has 0 atom stereocenters. The molecule has 1 saturated carbocycles. The van der Waals surface area contributed by atoms with Gasteiger partial charge in [0.25, 0.3) is 0 Å². The van der Waals surface area contributed by atoms with Gasteiger partial charge in [-0.1, -0.05) is 27.7 Å². The van der Waals surface area contributed by atoms with Gasteiger partial charge >= 0.3 is 0 Å². The van der Waals surface area contributed by atoms with Gasteiger partial charge in [-0.3, -0.25) is 0 Å². The molecular formula is C17H30N4. The first-order valence-corrected chi connectivity index (χ1v) is 8.27. The molecule has 4 nitrogen and oxygen atoms in total. The van der Waals surface area contributed by atoms with E-state index in [9.17, 15) is 0 Å². The van der Waals surface area contributed by atoms with Crippen LogP contribution >= 0.6 is 0 Å². The fraction of sp³-hybridized carbons (Fsp3) is 0.765. The number of aromatic nitrogens is 2. The van der Waals surface area contributed by atoms with Crippen molar-refractivity contribution in [2.75, 3.05) is 23.7 Å². The summed E-state index contributed by atoms with van der Waals surface area (Å²) in [5.41, 5.74) is 1.48. The van der Waals surface area contributed by atoms with Crippen molar-refractivity contribution in [2.24, 2.45) is 5.41 Å². The molecule has 0 amide bonds. The molecule has 21 heavy (non-hydrogen) atoms. The second-order valence-corrected chi connectivity index (χ2v) is 7.34. The Morgan fingerprint density at radius 1 is 1.05 bits per heavy atom. The van der Waals surface area contributed by atoms with E-state index in [1.165, 1.54) is 12.8 Å². The monoisotopic (exact) mass is 290 g/mol. The highest BCUT2D eigenvalue weighted by Gasteiger charge is 2.28. The van der Waals surface area contributed by atoms with Crippen LogP contribution in [0.1, 0.15) is 70.7 Å². The predicted molar refractivity (Wildman–Crippen MR) is 90.1 cm³/mol. The van der Waals surface area contributed by atoms with Gasteiger partial charge in [0.05, 0.1) is 0 Å². The molecule has 0 bridgehead atoms. The summed E-state index contributed by atoms with van der Waals surface area (Å²) in [6.07, 6.45) is 4.71. The van der Waals surface area contributed by atoms with E-state index < -0.39 is 0 Å². The van der Waals surface area contributed by atoms with Crippen molar-refractivity contribution in [3.63, 3.8) is 0 Å². The Morgan fingerprint density at radius 2 is 1.62 bits per heavy atom. The summed E-state index contributed by atoms with van der Waals surface area (Å²) in [4.78, 5) is 9.49. The highest BCUT2D eigenvalue weighted by Crippen LogP contribution is 2.39. The van der Waals surface area contributed by atoms with Gasteiger partial charge in [-0.2, -0.15) is 0 Å². The van der Waals surface area contributed by atoms with E-state index in [4.69, 9.17) is 9.97 Å². The fourth-order valence-electron chi connectivity index (χ4n) is 2.20. The van der Waals surface area contributed by atoms with E-state index >= 15 is 0 Å². The van der Waals surface area contributed by atoms with Gasteiger partial charge < -0.3 is 10.6 Å². The third-order valence-electron chi connectivity index (χ3n) is 3.82. The molecule has 118 valence electrons. The normalized spacial score (nSPS) is 15.1. The van der Waals surface area contributed by atoms with Crippen molar-refractivity contribution in [3.05, 3.63) is 11.4 Å². The molecule has 0 aromatic carbocycles. The Labute approximate surface area is 129 Å². The maximum atomic E-state index is 4.76. The van der Waals surface area contributed by atoms with E-state index in [0.29, 0.717) is 11.3 Å². The number of rotatable bonds is 7. The summed E-state index contributed by atoms with van der Waals surface area (Å²) < 4.78 is 0. The third kappa shape index (κ3) is 4.87. The molecule has 0 aliphatic heterocycles. The Balaban J connectivity index is 2.11. The molecule has 0 radical (unpaired) electrons. The number of nitrogens with zero attached hydrogens (tertiary/aromatic N) is 2. The number of hydrogen-bond acceptors (Lipinski definition) is 4. The lowest BCUT2D eigenvalue weighted by atomic mass is 9.92. The molecule has 0 spiro atoms. The molecule has 0 saturated heterocycles. The van der Waals surface area contributed by atoms with E-state index in [1.54, 1.807) is 0 Å². The summed E-state index contributed by atoms with van der Waals surface area (Å²) in [6.45, 7) is 13.0. The minimum absolute atomic E-state index is 0.344. The van der Waals surface area contributed by atoms with Crippen LogP contribution in [0.4, 0.5) is 11.6 Å². The molecule has 1 aliphatic carbocycles. The lowest BCUT2D eigenvalue weighted by Crippen LogP contribution is -2.16. The van der Waals surface area contributed by atoms with Gasteiger partial charge in [0.15, 0.2) is 0 Å². The first kappa shape index (κ1) is 16.1. The maximum Gasteiger partial charge on any atom is 0.136 e. The summed E-state index contributed by atoms with van der Waals surface area (Å²) in [7, 11) is 0. The van der Waals surface area contributed by atoms with Gasteiger partial charge in [0.1, 0.15) is 17.5 Å². The fourth-order valence-corrected chi connectivity index (χ4v) is 2.20. The van der Waals surface area contributed by atoms with Gasteiger partial charge in [-0.25, -0.2) is 9.97 Å². The lowest BCUT2D eigenvalue weighted by molar-refractivity contribution is 0.389. The van der Waals surface area contributed by atoms with Crippen LogP contribution in [0.2, 0.25) is 0 Å². The highest BCUT2D eigenvalue weighted by atomic mass is 15.1. The SMILES string of the molecule is CCCNc1nc(C2CC2)nc(NCCC(C)(C)C)c1C. The molecule has 1 fully saturated rings. The summed E-state index contributed by atoms with van der Waals surface area (Å²) in [6, 6.07) is 0. The van der Waals surface area contributed by atoms with Gasteiger partial charge in [0.2, 0.25) is 0 Å². The van der Waals surface area contributed by atoms with E-state index in [0.717, 1.165) is 49.0 Å². The van der Waals surface area contributed by atoms with Crippen LogP contribution < -0.4 is 10.6 Å². The molecule has 0 unspecified atom stereocenters. The standard InChI is InChI=1S/C17H30N4/c1-6-10-18-14-12(2)15(19-11-9-17(3,4)5)21-16(20-14)13-7-8-13/h13H,6-11H2,1-5H3,(H2,18,19,20,21). The minimum Gasteiger partial charge on any atom is -0.370 e. The molecule has 1 aliphatic rings. The van der Waals surface area contributed by atoms with Crippen LogP contribution in [0.15, 0.2) is 0 Å². The van der Waals surface area contributed by atoms with Crippen molar-refractivity contribution in [2.45, 2.75) is 66.2 Å². The third-order valence-corrected chi connectivity index (χ3v) is 3.82. The van der Waals surface area contributed by atoms with Crippen LogP contribution in [-0.2, 0) is 0 Å². The van der Waals surface area contributed by atoms with Crippen molar-refractivity contribution in [3.8, 4) is 0 Å². The largest absolute Gasteiger partial charge is 0.370 e. The van der Waals surface area contributed by atoms with Gasteiger partial charge in [0, 0.05) is 24.6 Å². The Bertz CT molecular complexity index is 472. The van der Waals surface area contributed by atoms with Crippen LogP contribution in [0.25, 0.3) is 0 Å². The zero-order valence-corrected chi connectivity index (χ0v) is 14.2. The number of anilines is 2. The first-order chi connectivity index (χ1) is 9.90. The van der Waals surface area contributed by atoms with E-state index in [1.807, 2.05) is 0 Å². The number of hydrogen-bond donors (Lipinski definition) is 2. The van der Waals surface area contributed by atoms with Crippen LogP contribution in [-0.4, -0.2) is 23.1 Å². The Morgan fingerprint density at radius 3 is 2.10 bits per heavy atom. The van der Waals surface area contributed by atoms with Crippen molar-refractivity contribution in [1.82, 2.24) is 9.97 Å². The van der Waals surface area contributed by atoms with Gasteiger partial charge in [-0.15, -0.1) is 0 Å². The van der Waals surface area contributed by atoms with Crippen molar-refractivity contribution in [1.29, 1.82) is 0 Å². The van der Waals surface area contributed by atoms with E-state index in [-0.39, 0.29) is 0 Å². The highest BCUT2D eigenvalue weighted by molar-refractivity contribution is 5.57. The van der Waals surface area contributed by atoms with Crippen LogP contribution in [0.3, 0.4) is 0 Å². The average Bonchev–Trinajstić information content (AvgIpc) is 3.22. The second-order valence-electron chi connectivity index (χ2n) is 7.34. The second kappa shape index (κ2) is 6.63. The smallest absolute Gasteiger partial charge is 0.136 e.